The van der Waals surface area contributed by atoms with Crippen LogP contribution in [0.2, 0.25) is 0 Å². The fourth-order valence-corrected chi connectivity index (χ4v) is 1.71. The van der Waals surface area contributed by atoms with Crippen LogP contribution in [-0.4, -0.2) is 30.8 Å². The van der Waals surface area contributed by atoms with Crippen LogP contribution in [0.25, 0.3) is 5.82 Å². The summed E-state index contributed by atoms with van der Waals surface area (Å²) in [6.45, 7) is 3.65. The van der Waals surface area contributed by atoms with Crippen molar-refractivity contribution in [2.75, 3.05) is 0 Å². The first-order chi connectivity index (χ1) is 8.02. The van der Waals surface area contributed by atoms with Crippen molar-refractivity contribution >= 4 is 21.9 Å². The van der Waals surface area contributed by atoms with Crippen LogP contribution in [0.3, 0.4) is 0 Å². The number of nitrogens with zero attached hydrogens (tertiary/aromatic N) is 4. The van der Waals surface area contributed by atoms with Crippen molar-refractivity contribution in [2.24, 2.45) is 0 Å². The molecule has 17 heavy (non-hydrogen) atoms. The van der Waals surface area contributed by atoms with Crippen molar-refractivity contribution in [1.82, 2.24) is 19.7 Å². The first kappa shape index (κ1) is 11.7. The molecule has 0 aliphatic heterocycles. The molecule has 0 amide bonds. The van der Waals surface area contributed by atoms with Crippen LogP contribution in [0.5, 0.6) is 0 Å². The van der Waals surface area contributed by atoms with Gasteiger partial charge < -0.3 is 5.11 Å². The van der Waals surface area contributed by atoms with Gasteiger partial charge in [-0.05, 0) is 29.8 Å². The SMILES string of the molecule is Cc1nn(-c2nccnc2C(=O)O)c(C)c1Br. The monoisotopic (exact) mass is 296 g/mol. The van der Waals surface area contributed by atoms with Crippen molar-refractivity contribution in [3.05, 3.63) is 33.9 Å². The summed E-state index contributed by atoms with van der Waals surface area (Å²) in [5, 5.41) is 13.3. The first-order valence-electron chi connectivity index (χ1n) is 4.78. The lowest BCUT2D eigenvalue weighted by Gasteiger charge is -2.05. The summed E-state index contributed by atoms with van der Waals surface area (Å²) < 4.78 is 2.30. The largest absolute Gasteiger partial charge is 0.476 e. The molecule has 0 spiro atoms. The molecule has 0 radical (unpaired) electrons. The van der Waals surface area contributed by atoms with Crippen LogP contribution >= 0.6 is 15.9 Å². The Hall–Kier alpha value is -1.76. The van der Waals surface area contributed by atoms with E-state index in [1.54, 1.807) is 0 Å². The van der Waals surface area contributed by atoms with Crippen LogP contribution in [0.4, 0.5) is 0 Å². The molecule has 6 nitrogen and oxygen atoms in total. The Balaban J connectivity index is 2.68. The second-order valence-electron chi connectivity index (χ2n) is 3.43. The third-order valence-corrected chi connectivity index (χ3v) is 3.43. The van der Waals surface area contributed by atoms with Crippen molar-refractivity contribution in [3.8, 4) is 5.82 Å². The number of hydrogen-bond acceptors (Lipinski definition) is 4. The van der Waals surface area contributed by atoms with Gasteiger partial charge >= 0.3 is 5.97 Å². The van der Waals surface area contributed by atoms with Crippen LogP contribution in [-0.2, 0) is 0 Å². The minimum absolute atomic E-state index is 0.120. The van der Waals surface area contributed by atoms with Gasteiger partial charge in [-0.2, -0.15) is 5.10 Å². The molecule has 2 heterocycles. The fourth-order valence-electron chi connectivity index (χ4n) is 1.47. The maximum atomic E-state index is 11.0. The average Bonchev–Trinajstić information content (AvgIpc) is 2.57. The van der Waals surface area contributed by atoms with E-state index < -0.39 is 5.97 Å². The molecule has 0 saturated heterocycles. The van der Waals surface area contributed by atoms with E-state index in [2.05, 4.69) is 31.0 Å². The second-order valence-corrected chi connectivity index (χ2v) is 4.22. The lowest BCUT2D eigenvalue weighted by atomic mass is 10.3. The highest BCUT2D eigenvalue weighted by Gasteiger charge is 2.18. The van der Waals surface area contributed by atoms with Crippen molar-refractivity contribution < 1.29 is 9.90 Å². The van der Waals surface area contributed by atoms with E-state index in [0.717, 1.165) is 15.9 Å². The zero-order valence-corrected chi connectivity index (χ0v) is 10.8. The van der Waals surface area contributed by atoms with E-state index in [0.29, 0.717) is 0 Å². The summed E-state index contributed by atoms with van der Waals surface area (Å²) in [6, 6.07) is 0. The van der Waals surface area contributed by atoms with Crippen molar-refractivity contribution in [2.45, 2.75) is 13.8 Å². The lowest BCUT2D eigenvalue weighted by Crippen LogP contribution is -2.12. The molecule has 0 atom stereocenters. The molecule has 2 aromatic heterocycles. The molecule has 0 aliphatic carbocycles. The van der Waals surface area contributed by atoms with Gasteiger partial charge in [0, 0.05) is 12.4 Å². The minimum Gasteiger partial charge on any atom is -0.476 e. The summed E-state index contributed by atoms with van der Waals surface area (Å²) in [6.07, 6.45) is 2.78. The van der Waals surface area contributed by atoms with Gasteiger partial charge in [0.05, 0.1) is 15.9 Å². The molecular weight excluding hydrogens is 288 g/mol. The average molecular weight is 297 g/mol. The third kappa shape index (κ3) is 1.93. The van der Waals surface area contributed by atoms with E-state index >= 15 is 0 Å². The summed E-state index contributed by atoms with van der Waals surface area (Å²) >= 11 is 3.38. The molecule has 1 N–H and O–H groups in total. The van der Waals surface area contributed by atoms with E-state index in [1.165, 1.54) is 17.1 Å². The predicted molar refractivity (Wildman–Crippen MR) is 63.3 cm³/mol. The maximum absolute atomic E-state index is 11.0. The summed E-state index contributed by atoms with van der Waals surface area (Å²) in [4.78, 5) is 18.9. The molecule has 0 unspecified atom stereocenters. The van der Waals surface area contributed by atoms with Crippen LogP contribution < -0.4 is 0 Å². The molecule has 0 bridgehead atoms. The molecule has 0 fully saturated rings. The number of carboxylic acid groups (broad SMARTS) is 1. The van der Waals surface area contributed by atoms with Gasteiger partial charge in [-0.25, -0.2) is 19.4 Å². The molecule has 0 saturated carbocycles. The Morgan fingerprint density at radius 2 is 2.00 bits per heavy atom. The molecule has 0 aromatic carbocycles. The maximum Gasteiger partial charge on any atom is 0.358 e. The Labute approximate surface area is 105 Å². The highest BCUT2D eigenvalue weighted by Crippen LogP contribution is 2.22. The number of aryl methyl sites for hydroxylation is 1. The fraction of sp³-hybridized carbons (Fsp3) is 0.200. The van der Waals surface area contributed by atoms with E-state index in [-0.39, 0.29) is 11.5 Å². The third-order valence-electron chi connectivity index (χ3n) is 2.29. The Kier molecular flexibility index (Phi) is 2.93. The zero-order valence-electron chi connectivity index (χ0n) is 9.18. The molecule has 2 aromatic rings. The van der Waals surface area contributed by atoms with Gasteiger partial charge in [0.15, 0.2) is 11.5 Å². The zero-order chi connectivity index (χ0) is 12.6. The van der Waals surface area contributed by atoms with Crippen LogP contribution in [0.1, 0.15) is 21.9 Å². The van der Waals surface area contributed by atoms with Gasteiger partial charge in [0.25, 0.3) is 0 Å². The van der Waals surface area contributed by atoms with Crippen LogP contribution in [0, 0.1) is 13.8 Å². The van der Waals surface area contributed by atoms with Gasteiger partial charge in [-0.1, -0.05) is 0 Å². The molecule has 88 valence electrons. The van der Waals surface area contributed by atoms with Crippen LogP contribution in [0.15, 0.2) is 16.9 Å². The number of carboxylic acids is 1. The molecule has 0 aliphatic rings. The lowest BCUT2D eigenvalue weighted by molar-refractivity contribution is 0.0689. The number of aromatic carboxylic acids is 1. The number of hydrogen-bond donors (Lipinski definition) is 1. The number of rotatable bonds is 2. The summed E-state index contributed by atoms with van der Waals surface area (Å²) in [7, 11) is 0. The normalized spacial score (nSPS) is 10.5. The molecular formula is C10H9BrN4O2. The van der Waals surface area contributed by atoms with Gasteiger partial charge in [-0.3, -0.25) is 0 Å². The molecule has 2 rings (SSSR count). The number of aromatic nitrogens is 4. The van der Waals surface area contributed by atoms with Crippen molar-refractivity contribution in [3.63, 3.8) is 0 Å². The van der Waals surface area contributed by atoms with Gasteiger partial charge in [-0.15, -0.1) is 0 Å². The number of carbonyl (C=O) groups is 1. The first-order valence-corrected chi connectivity index (χ1v) is 5.58. The standard InChI is InChI=1S/C10H9BrN4O2/c1-5-7(11)6(2)15(14-5)9-8(10(16)17)12-3-4-13-9/h3-4H,1-2H3,(H,16,17). The van der Waals surface area contributed by atoms with E-state index in [4.69, 9.17) is 5.11 Å². The Morgan fingerprint density at radius 1 is 1.35 bits per heavy atom. The quantitative estimate of drug-likeness (QED) is 0.913. The summed E-state index contributed by atoms with van der Waals surface area (Å²) in [5.41, 5.74) is 1.43. The number of halogens is 1. The highest BCUT2D eigenvalue weighted by molar-refractivity contribution is 9.10. The second kappa shape index (κ2) is 4.25. The Morgan fingerprint density at radius 3 is 2.53 bits per heavy atom. The van der Waals surface area contributed by atoms with Gasteiger partial charge in [0.2, 0.25) is 0 Å². The van der Waals surface area contributed by atoms with Gasteiger partial charge in [0.1, 0.15) is 0 Å². The van der Waals surface area contributed by atoms with E-state index in [1.807, 2.05) is 13.8 Å². The topological polar surface area (TPSA) is 80.9 Å². The van der Waals surface area contributed by atoms with Crippen molar-refractivity contribution in [1.29, 1.82) is 0 Å². The predicted octanol–water partition coefficient (Wildman–Crippen LogP) is 1.74. The highest BCUT2D eigenvalue weighted by atomic mass is 79.9. The molecule has 7 heteroatoms. The minimum atomic E-state index is -1.13. The van der Waals surface area contributed by atoms with E-state index in [9.17, 15) is 4.79 Å². The smallest absolute Gasteiger partial charge is 0.358 e. The summed E-state index contributed by atoms with van der Waals surface area (Å²) in [5.74, 6) is -0.914. The Bertz CT molecular complexity index is 594.